The summed E-state index contributed by atoms with van der Waals surface area (Å²) in [6.07, 6.45) is 3.04. The van der Waals surface area contributed by atoms with Gasteiger partial charge in [-0.1, -0.05) is 12.1 Å². The molecule has 0 aliphatic rings. The average molecular weight is 247 g/mol. The first-order valence-electron chi connectivity index (χ1n) is 5.88. The van der Waals surface area contributed by atoms with Crippen LogP contribution in [0.15, 0.2) is 42.7 Å². The van der Waals surface area contributed by atoms with Gasteiger partial charge in [0, 0.05) is 25.5 Å². The van der Waals surface area contributed by atoms with Gasteiger partial charge in [0.2, 0.25) is 0 Å². The number of aromatic nitrogens is 2. The molecular weight excluding hydrogens is 230 g/mol. The molecule has 0 aliphatic heterocycles. The van der Waals surface area contributed by atoms with Crippen LogP contribution in [0.4, 0.5) is 0 Å². The van der Waals surface area contributed by atoms with Crippen LogP contribution in [0.5, 0.6) is 5.75 Å². The van der Waals surface area contributed by atoms with Crippen LogP contribution in [-0.2, 0) is 13.1 Å². The molecule has 0 aliphatic carbocycles. The third-order valence-corrected chi connectivity index (χ3v) is 2.60. The van der Waals surface area contributed by atoms with Crippen LogP contribution < -0.4 is 5.32 Å². The molecule has 1 aromatic heterocycles. The van der Waals surface area contributed by atoms with Crippen molar-refractivity contribution in [1.82, 2.24) is 15.1 Å². The number of hydrogen-bond donors (Lipinski definition) is 3. The molecule has 0 spiro atoms. The lowest BCUT2D eigenvalue weighted by Crippen LogP contribution is -2.30. The fourth-order valence-corrected chi connectivity index (χ4v) is 1.69. The van der Waals surface area contributed by atoms with Crippen molar-refractivity contribution in [3.05, 3.63) is 48.3 Å². The highest BCUT2D eigenvalue weighted by Gasteiger charge is 2.04. The standard InChI is InChI=1S/C13H17N3O2/c17-12-4-2-11(3-5-12)8-14-9-13(18)10-16-7-1-6-15-16/h1-7,13-14,17-18H,8-10H2. The van der Waals surface area contributed by atoms with Gasteiger partial charge in [-0.05, 0) is 23.8 Å². The normalized spacial score (nSPS) is 12.5. The van der Waals surface area contributed by atoms with Crippen LogP contribution in [0.2, 0.25) is 0 Å². The van der Waals surface area contributed by atoms with Crippen LogP contribution in [0.1, 0.15) is 5.56 Å². The number of aromatic hydroxyl groups is 1. The SMILES string of the molecule is Oc1ccc(CNCC(O)Cn2cccn2)cc1. The van der Waals surface area contributed by atoms with Crippen LogP contribution >= 0.6 is 0 Å². The Labute approximate surface area is 106 Å². The van der Waals surface area contributed by atoms with Crippen molar-refractivity contribution in [2.24, 2.45) is 0 Å². The van der Waals surface area contributed by atoms with Gasteiger partial charge in [-0.25, -0.2) is 0 Å². The zero-order valence-electron chi connectivity index (χ0n) is 10.0. The number of rotatable bonds is 6. The second-order valence-corrected chi connectivity index (χ2v) is 4.18. The van der Waals surface area contributed by atoms with E-state index in [1.165, 1.54) is 0 Å². The van der Waals surface area contributed by atoms with E-state index in [0.717, 1.165) is 5.56 Å². The summed E-state index contributed by atoms with van der Waals surface area (Å²) >= 11 is 0. The predicted octanol–water partition coefficient (Wildman–Crippen LogP) is 0.739. The van der Waals surface area contributed by atoms with E-state index in [-0.39, 0.29) is 5.75 Å². The summed E-state index contributed by atoms with van der Waals surface area (Å²) in [6, 6.07) is 8.83. The van der Waals surface area contributed by atoms with Gasteiger partial charge in [-0.3, -0.25) is 4.68 Å². The van der Waals surface area contributed by atoms with Crippen molar-refractivity contribution in [1.29, 1.82) is 0 Å². The van der Waals surface area contributed by atoms with Crippen molar-refractivity contribution in [2.75, 3.05) is 6.54 Å². The maximum Gasteiger partial charge on any atom is 0.115 e. The van der Waals surface area contributed by atoms with Gasteiger partial charge in [-0.2, -0.15) is 5.10 Å². The molecule has 0 radical (unpaired) electrons. The van der Waals surface area contributed by atoms with E-state index < -0.39 is 6.10 Å². The van der Waals surface area contributed by atoms with Crippen molar-refractivity contribution >= 4 is 0 Å². The lowest BCUT2D eigenvalue weighted by Gasteiger charge is -2.12. The summed E-state index contributed by atoms with van der Waals surface area (Å²) in [6.45, 7) is 1.65. The molecule has 96 valence electrons. The topological polar surface area (TPSA) is 70.3 Å². The Hall–Kier alpha value is -1.85. The maximum atomic E-state index is 9.78. The molecule has 2 aromatic rings. The molecule has 1 heterocycles. The highest BCUT2D eigenvalue weighted by atomic mass is 16.3. The molecule has 0 bridgehead atoms. The van der Waals surface area contributed by atoms with E-state index in [1.807, 2.05) is 24.4 Å². The molecule has 0 fully saturated rings. The van der Waals surface area contributed by atoms with E-state index in [4.69, 9.17) is 5.11 Å². The summed E-state index contributed by atoms with van der Waals surface area (Å²) in [5.41, 5.74) is 1.07. The molecular formula is C13H17N3O2. The summed E-state index contributed by atoms with van der Waals surface area (Å²) in [4.78, 5) is 0. The molecule has 0 saturated heterocycles. The molecule has 1 atom stereocenters. The monoisotopic (exact) mass is 247 g/mol. The fraction of sp³-hybridized carbons (Fsp3) is 0.308. The Bertz CT molecular complexity index is 454. The van der Waals surface area contributed by atoms with Crippen molar-refractivity contribution < 1.29 is 10.2 Å². The fourth-order valence-electron chi connectivity index (χ4n) is 1.69. The minimum atomic E-state index is -0.470. The lowest BCUT2D eigenvalue weighted by atomic mass is 10.2. The van der Waals surface area contributed by atoms with Gasteiger partial charge < -0.3 is 15.5 Å². The van der Waals surface area contributed by atoms with Gasteiger partial charge in [0.1, 0.15) is 5.75 Å². The van der Waals surface area contributed by atoms with Crippen LogP contribution in [0.3, 0.4) is 0 Å². The van der Waals surface area contributed by atoms with Crippen molar-refractivity contribution in [3.63, 3.8) is 0 Å². The van der Waals surface area contributed by atoms with Crippen LogP contribution in [0.25, 0.3) is 0 Å². The van der Waals surface area contributed by atoms with Crippen molar-refractivity contribution in [2.45, 2.75) is 19.2 Å². The van der Waals surface area contributed by atoms with Crippen molar-refractivity contribution in [3.8, 4) is 5.75 Å². The first kappa shape index (κ1) is 12.6. The Morgan fingerprint density at radius 1 is 1.28 bits per heavy atom. The van der Waals surface area contributed by atoms with Gasteiger partial charge in [0.05, 0.1) is 12.6 Å². The summed E-state index contributed by atoms with van der Waals surface area (Å²) in [7, 11) is 0. The van der Waals surface area contributed by atoms with E-state index in [1.54, 1.807) is 23.0 Å². The van der Waals surface area contributed by atoms with Crippen LogP contribution in [-0.4, -0.2) is 32.6 Å². The third-order valence-electron chi connectivity index (χ3n) is 2.60. The number of phenolic OH excluding ortho intramolecular Hbond substituents is 1. The third kappa shape index (κ3) is 3.87. The first-order chi connectivity index (χ1) is 8.74. The molecule has 2 rings (SSSR count). The predicted molar refractivity (Wildman–Crippen MR) is 68.0 cm³/mol. The summed E-state index contributed by atoms with van der Waals surface area (Å²) < 4.78 is 1.70. The van der Waals surface area contributed by atoms with Gasteiger partial charge in [0.15, 0.2) is 0 Å². The minimum Gasteiger partial charge on any atom is -0.508 e. The number of nitrogens with zero attached hydrogens (tertiary/aromatic N) is 2. The molecule has 5 heteroatoms. The highest BCUT2D eigenvalue weighted by Crippen LogP contribution is 2.09. The Kier molecular flexibility index (Phi) is 4.33. The Morgan fingerprint density at radius 2 is 2.06 bits per heavy atom. The van der Waals surface area contributed by atoms with Crippen LogP contribution in [0, 0.1) is 0 Å². The number of phenols is 1. The van der Waals surface area contributed by atoms with Gasteiger partial charge in [-0.15, -0.1) is 0 Å². The number of hydrogen-bond acceptors (Lipinski definition) is 4. The number of nitrogens with one attached hydrogen (secondary N) is 1. The molecule has 18 heavy (non-hydrogen) atoms. The zero-order valence-corrected chi connectivity index (χ0v) is 10.0. The zero-order chi connectivity index (χ0) is 12.8. The number of aliphatic hydroxyl groups is 1. The highest BCUT2D eigenvalue weighted by molar-refractivity contribution is 5.25. The summed E-state index contributed by atoms with van der Waals surface area (Å²) in [5.74, 6) is 0.262. The molecule has 3 N–H and O–H groups in total. The quantitative estimate of drug-likeness (QED) is 0.704. The molecule has 1 aromatic carbocycles. The van der Waals surface area contributed by atoms with E-state index >= 15 is 0 Å². The molecule has 5 nitrogen and oxygen atoms in total. The molecule has 0 saturated carbocycles. The van der Waals surface area contributed by atoms with Gasteiger partial charge >= 0.3 is 0 Å². The number of aliphatic hydroxyl groups excluding tert-OH is 1. The smallest absolute Gasteiger partial charge is 0.115 e. The maximum absolute atomic E-state index is 9.78. The minimum absolute atomic E-state index is 0.262. The van der Waals surface area contributed by atoms with E-state index in [0.29, 0.717) is 19.6 Å². The van der Waals surface area contributed by atoms with Gasteiger partial charge in [0.25, 0.3) is 0 Å². The first-order valence-corrected chi connectivity index (χ1v) is 5.88. The molecule has 1 unspecified atom stereocenters. The second-order valence-electron chi connectivity index (χ2n) is 4.18. The van der Waals surface area contributed by atoms with E-state index in [9.17, 15) is 5.11 Å². The Balaban J connectivity index is 1.70. The average Bonchev–Trinajstić information content (AvgIpc) is 2.84. The molecule has 0 amide bonds. The second kappa shape index (κ2) is 6.18. The lowest BCUT2D eigenvalue weighted by molar-refractivity contribution is 0.146. The number of benzene rings is 1. The largest absolute Gasteiger partial charge is 0.508 e. The van der Waals surface area contributed by atoms with E-state index in [2.05, 4.69) is 10.4 Å². The summed E-state index contributed by atoms with van der Waals surface area (Å²) in [5, 5.41) is 26.1. The Morgan fingerprint density at radius 3 is 2.72 bits per heavy atom.